The summed E-state index contributed by atoms with van der Waals surface area (Å²) in [5, 5.41) is -0.187. The van der Waals surface area contributed by atoms with Crippen LogP contribution in [0.2, 0.25) is 0 Å². The Morgan fingerprint density at radius 3 is 3.00 bits per heavy atom. The molecule has 3 fully saturated rings. The van der Waals surface area contributed by atoms with Crippen molar-refractivity contribution in [2.24, 2.45) is 0 Å². The Morgan fingerprint density at radius 2 is 2.31 bits per heavy atom. The van der Waals surface area contributed by atoms with Crippen molar-refractivity contribution in [2.45, 2.75) is 41.3 Å². The highest BCUT2D eigenvalue weighted by Gasteiger charge is 2.65. The minimum absolute atomic E-state index is 0.00644. The molecule has 0 N–H and O–H groups in total. The van der Waals surface area contributed by atoms with Gasteiger partial charge in [-0.05, 0) is 13.3 Å². The first-order valence-electron chi connectivity index (χ1n) is 5.17. The second-order valence-electron chi connectivity index (χ2n) is 4.44. The van der Waals surface area contributed by atoms with Crippen molar-refractivity contribution in [3.05, 3.63) is 0 Å². The molecule has 90 valence electrons. The highest BCUT2D eigenvalue weighted by Crippen LogP contribution is 2.55. The van der Waals surface area contributed by atoms with E-state index in [1.807, 2.05) is 0 Å². The molecule has 0 saturated carbocycles. The Kier molecular flexibility index (Phi) is 2.37. The van der Waals surface area contributed by atoms with E-state index < -0.39 is 10.1 Å². The lowest BCUT2D eigenvalue weighted by Gasteiger charge is -2.23. The Bertz CT molecular complexity index is 431. The van der Waals surface area contributed by atoms with E-state index in [4.69, 9.17) is 8.92 Å². The third-order valence-electron chi connectivity index (χ3n) is 3.27. The monoisotopic (exact) mass is 264 g/mol. The number of ether oxygens (including phenoxy) is 1. The van der Waals surface area contributed by atoms with Gasteiger partial charge in [0.15, 0.2) is 5.78 Å². The number of thioether (sulfide) groups is 1. The minimum atomic E-state index is -3.39. The molecule has 3 aliphatic rings. The zero-order chi connectivity index (χ0) is 11.5. The maximum Gasteiger partial charge on any atom is 0.271 e. The van der Waals surface area contributed by atoms with Crippen molar-refractivity contribution >= 4 is 27.7 Å². The van der Waals surface area contributed by atoms with Crippen LogP contribution in [0.1, 0.15) is 13.3 Å². The summed E-state index contributed by atoms with van der Waals surface area (Å²) in [6.45, 7) is 1.49. The average molecular weight is 264 g/mol. The molecule has 7 heteroatoms. The first-order chi connectivity index (χ1) is 7.49. The van der Waals surface area contributed by atoms with Crippen LogP contribution >= 0.6 is 11.8 Å². The molecule has 0 aliphatic carbocycles. The van der Waals surface area contributed by atoms with Gasteiger partial charge in [-0.2, -0.15) is 8.42 Å². The molecule has 0 aromatic rings. The molecule has 0 spiro atoms. The fourth-order valence-corrected chi connectivity index (χ4v) is 6.80. The first-order valence-corrected chi connectivity index (χ1v) is 7.59. The number of ketones is 1. The second kappa shape index (κ2) is 3.44. The number of carbonyl (C=O) groups excluding carboxylic acids is 1. The summed E-state index contributed by atoms with van der Waals surface area (Å²) in [7, 11) is -3.39. The summed E-state index contributed by atoms with van der Waals surface area (Å²) >= 11 is 1.63. The van der Waals surface area contributed by atoms with Crippen LogP contribution in [0, 0.1) is 0 Å². The predicted molar refractivity (Wildman–Crippen MR) is 57.8 cm³/mol. The predicted octanol–water partition coefficient (Wildman–Crippen LogP) is -0.0545. The van der Waals surface area contributed by atoms with Crippen molar-refractivity contribution in [1.29, 1.82) is 0 Å². The fourth-order valence-electron chi connectivity index (χ4n) is 2.64. The molecule has 5 nitrogen and oxygen atoms in total. The van der Waals surface area contributed by atoms with Crippen LogP contribution < -0.4 is 0 Å². The molecule has 3 heterocycles. The topological polar surface area (TPSA) is 69.7 Å². The van der Waals surface area contributed by atoms with Gasteiger partial charge in [0.25, 0.3) is 10.1 Å². The van der Waals surface area contributed by atoms with Gasteiger partial charge in [0, 0.05) is 5.25 Å². The molecular weight excluding hydrogens is 252 g/mol. The Labute approximate surface area is 98.0 Å². The van der Waals surface area contributed by atoms with Gasteiger partial charge < -0.3 is 4.74 Å². The van der Waals surface area contributed by atoms with Gasteiger partial charge in [0.05, 0.1) is 11.4 Å². The van der Waals surface area contributed by atoms with Gasteiger partial charge in [0.2, 0.25) is 0 Å². The number of hydrogen-bond donors (Lipinski definition) is 0. The van der Waals surface area contributed by atoms with E-state index in [2.05, 4.69) is 0 Å². The minimum Gasteiger partial charge on any atom is -0.367 e. The van der Waals surface area contributed by atoms with Crippen LogP contribution in [0.5, 0.6) is 0 Å². The Morgan fingerprint density at radius 1 is 1.56 bits per heavy atom. The smallest absolute Gasteiger partial charge is 0.271 e. The number of hydrogen-bond acceptors (Lipinski definition) is 6. The molecule has 0 amide bonds. The third kappa shape index (κ3) is 1.45. The van der Waals surface area contributed by atoms with E-state index >= 15 is 0 Å². The van der Waals surface area contributed by atoms with Crippen LogP contribution in [0.3, 0.4) is 0 Å². The highest BCUT2D eigenvalue weighted by molar-refractivity contribution is 8.03. The summed E-state index contributed by atoms with van der Waals surface area (Å²) < 4.78 is 33.8. The summed E-state index contributed by atoms with van der Waals surface area (Å²) in [5.41, 5.74) is 0. The van der Waals surface area contributed by atoms with Crippen LogP contribution in [0.25, 0.3) is 0 Å². The fraction of sp³-hybridized carbons (Fsp3) is 0.889. The van der Waals surface area contributed by atoms with Gasteiger partial charge >= 0.3 is 0 Å². The Balaban J connectivity index is 1.79. The third-order valence-corrected chi connectivity index (χ3v) is 6.88. The summed E-state index contributed by atoms with van der Waals surface area (Å²) in [5.74, 6) is -0.0508. The zero-order valence-electron chi connectivity index (χ0n) is 8.66. The van der Waals surface area contributed by atoms with Crippen LogP contribution in [0.15, 0.2) is 0 Å². The van der Waals surface area contributed by atoms with Crippen molar-refractivity contribution in [1.82, 2.24) is 0 Å². The number of Topliss-reactive ketones (excluding diaryl/α,β-unsaturated/α-hetero) is 1. The van der Waals surface area contributed by atoms with Crippen LogP contribution in [-0.4, -0.2) is 48.8 Å². The van der Waals surface area contributed by atoms with E-state index in [0.29, 0.717) is 6.42 Å². The molecule has 0 aromatic heterocycles. The lowest BCUT2D eigenvalue weighted by Crippen LogP contribution is -2.41. The molecule has 5 atom stereocenters. The van der Waals surface area contributed by atoms with E-state index in [1.54, 1.807) is 11.8 Å². The van der Waals surface area contributed by atoms with E-state index in [1.165, 1.54) is 6.92 Å². The van der Waals surface area contributed by atoms with Crippen molar-refractivity contribution in [2.75, 3.05) is 6.61 Å². The largest absolute Gasteiger partial charge is 0.367 e. The SMILES string of the molecule is CC(=O)COC1C2CC3C(S2)C1OS3(=O)=O. The van der Waals surface area contributed by atoms with Gasteiger partial charge in [-0.15, -0.1) is 11.8 Å². The highest BCUT2D eigenvalue weighted by atomic mass is 32.2. The molecule has 16 heavy (non-hydrogen) atoms. The van der Waals surface area contributed by atoms with Crippen molar-refractivity contribution in [3.8, 4) is 0 Å². The number of rotatable bonds is 3. The molecular formula is C9H12O5S2. The van der Waals surface area contributed by atoms with Gasteiger partial charge in [-0.3, -0.25) is 8.98 Å². The normalized spacial score (nSPS) is 47.4. The maximum absolute atomic E-state index is 11.6. The van der Waals surface area contributed by atoms with Crippen LogP contribution in [0.4, 0.5) is 0 Å². The molecule has 2 bridgehead atoms. The van der Waals surface area contributed by atoms with E-state index in [0.717, 1.165) is 0 Å². The molecule has 0 aromatic carbocycles. The van der Waals surface area contributed by atoms with Gasteiger partial charge in [-0.25, -0.2) is 0 Å². The quantitative estimate of drug-likeness (QED) is 0.665. The standard InChI is InChI=1S/C9H12O5S2/c1-4(10)3-13-7-5-2-6-9(15-5)8(7)14-16(6,11)12/h5-9H,2-3H2,1H3. The molecule has 3 saturated heterocycles. The lowest BCUT2D eigenvalue weighted by atomic mass is 9.94. The molecule has 0 radical (unpaired) electrons. The summed E-state index contributed by atoms with van der Waals surface area (Å²) in [6.07, 6.45) is -0.0259. The number of fused-ring (bicyclic) bond motifs is 1. The zero-order valence-corrected chi connectivity index (χ0v) is 10.3. The first kappa shape index (κ1) is 11.0. The summed E-state index contributed by atoms with van der Waals surface area (Å²) in [4.78, 5) is 10.8. The van der Waals surface area contributed by atoms with Crippen LogP contribution in [-0.2, 0) is 23.8 Å². The van der Waals surface area contributed by atoms with E-state index in [-0.39, 0.29) is 40.3 Å². The lowest BCUT2D eigenvalue weighted by molar-refractivity contribution is -0.125. The molecule has 3 aliphatic heterocycles. The van der Waals surface area contributed by atoms with Crippen molar-refractivity contribution in [3.63, 3.8) is 0 Å². The molecule has 3 rings (SSSR count). The van der Waals surface area contributed by atoms with Crippen molar-refractivity contribution < 1.29 is 22.1 Å². The van der Waals surface area contributed by atoms with E-state index in [9.17, 15) is 13.2 Å². The molecule has 5 unspecified atom stereocenters. The second-order valence-corrected chi connectivity index (χ2v) is 7.65. The average Bonchev–Trinajstić information content (AvgIpc) is 2.75. The summed E-state index contributed by atoms with van der Waals surface area (Å²) in [6, 6.07) is 0. The maximum atomic E-state index is 11.6. The number of carbonyl (C=O) groups is 1. The Hall–Kier alpha value is -0.110. The van der Waals surface area contributed by atoms with Gasteiger partial charge in [-0.1, -0.05) is 0 Å². The van der Waals surface area contributed by atoms with Gasteiger partial charge in [0.1, 0.15) is 18.0 Å².